The maximum absolute atomic E-state index is 13.0. The minimum Gasteiger partial charge on any atom is -0.316 e. The van der Waals surface area contributed by atoms with Crippen molar-refractivity contribution in [1.82, 2.24) is 14.7 Å². The Hall–Kier alpha value is -1.42. The van der Waals surface area contributed by atoms with E-state index in [1.165, 1.54) is 12.1 Å². The van der Waals surface area contributed by atoms with Gasteiger partial charge in [0, 0.05) is 18.7 Å². The first kappa shape index (κ1) is 8.85. The first-order valence-electron chi connectivity index (χ1n) is 5.18. The zero-order valence-corrected chi connectivity index (χ0v) is 8.28. The second-order valence-electron chi connectivity index (χ2n) is 3.95. The largest absolute Gasteiger partial charge is 0.316 e. The van der Waals surface area contributed by atoms with Gasteiger partial charge in [-0.1, -0.05) is 0 Å². The highest BCUT2D eigenvalue weighted by Crippen LogP contribution is 2.22. The Balaban J connectivity index is 2.11. The van der Waals surface area contributed by atoms with E-state index in [1.54, 1.807) is 12.4 Å². The summed E-state index contributed by atoms with van der Waals surface area (Å²) in [5.41, 5.74) is 0.830. The van der Waals surface area contributed by atoms with Gasteiger partial charge in [-0.2, -0.15) is 0 Å². The number of hydrogen-bond donors (Lipinski definition) is 1. The summed E-state index contributed by atoms with van der Waals surface area (Å²) in [6.07, 6.45) is 4.60. The molecule has 1 N–H and O–H groups in total. The lowest BCUT2D eigenvalue weighted by molar-refractivity contribution is 0.624. The summed E-state index contributed by atoms with van der Waals surface area (Å²) in [7, 11) is 0. The Morgan fingerprint density at radius 2 is 2.47 bits per heavy atom. The molecular formula is C11H12FN3. The van der Waals surface area contributed by atoms with Gasteiger partial charge in [-0.15, -0.1) is 0 Å². The second-order valence-corrected chi connectivity index (χ2v) is 3.95. The summed E-state index contributed by atoms with van der Waals surface area (Å²) in [5, 5.41) is 3.31. The summed E-state index contributed by atoms with van der Waals surface area (Å²) in [6, 6.07) is 2.99. The van der Waals surface area contributed by atoms with Gasteiger partial charge in [-0.05, 0) is 25.1 Å². The van der Waals surface area contributed by atoms with Crippen LogP contribution in [0.3, 0.4) is 0 Å². The summed E-state index contributed by atoms with van der Waals surface area (Å²) in [5.74, 6) is 1.28. The fourth-order valence-electron chi connectivity index (χ4n) is 2.17. The fraction of sp³-hybridized carbons (Fsp3) is 0.364. The molecule has 3 heterocycles. The molecule has 0 spiro atoms. The Kier molecular flexibility index (Phi) is 1.95. The summed E-state index contributed by atoms with van der Waals surface area (Å²) in [4.78, 5) is 4.37. The molecule has 1 aliphatic rings. The van der Waals surface area contributed by atoms with Gasteiger partial charge in [-0.25, -0.2) is 9.37 Å². The Labute approximate surface area is 86.9 Å². The third-order valence-electron chi connectivity index (χ3n) is 2.95. The number of nitrogens with one attached hydrogen (secondary N) is 1. The first-order chi connectivity index (χ1) is 7.34. The molecule has 0 amide bonds. The highest BCUT2D eigenvalue weighted by Gasteiger charge is 2.20. The maximum Gasteiger partial charge on any atom is 0.126 e. The van der Waals surface area contributed by atoms with Gasteiger partial charge in [0.25, 0.3) is 0 Å². The predicted molar refractivity (Wildman–Crippen MR) is 55.4 cm³/mol. The number of fused-ring (bicyclic) bond motifs is 1. The molecule has 4 heteroatoms. The van der Waals surface area contributed by atoms with Crippen LogP contribution in [0.4, 0.5) is 4.39 Å². The number of halogens is 1. The first-order valence-corrected chi connectivity index (χ1v) is 5.18. The van der Waals surface area contributed by atoms with Crippen molar-refractivity contribution in [3.8, 4) is 0 Å². The van der Waals surface area contributed by atoms with E-state index in [2.05, 4.69) is 10.3 Å². The third kappa shape index (κ3) is 1.41. The van der Waals surface area contributed by atoms with Crippen LogP contribution in [0.15, 0.2) is 24.5 Å². The van der Waals surface area contributed by atoms with E-state index < -0.39 is 0 Å². The molecule has 1 saturated heterocycles. The third-order valence-corrected chi connectivity index (χ3v) is 2.95. The van der Waals surface area contributed by atoms with E-state index >= 15 is 0 Å². The van der Waals surface area contributed by atoms with Crippen LogP contribution in [-0.2, 0) is 0 Å². The van der Waals surface area contributed by atoms with Crippen molar-refractivity contribution in [2.45, 2.75) is 12.3 Å². The normalized spacial score (nSPS) is 21.3. The van der Waals surface area contributed by atoms with Gasteiger partial charge in [0.15, 0.2) is 0 Å². The maximum atomic E-state index is 13.0. The topological polar surface area (TPSA) is 29.3 Å². The highest BCUT2D eigenvalue weighted by molar-refractivity contribution is 5.46. The molecule has 1 aliphatic heterocycles. The number of imidazole rings is 1. The molecule has 1 fully saturated rings. The standard InChI is InChI=1S/C11H12FN3/c12-9-2-4-15-10(5-9)7-14-11(15)8-1-3-13-6-8/h2,4-5,7-8,13H,1,3,6H2. The Morgan fingerprint density at radius 1 is 1.53 bits per heavy atom. The zero-order chi connectivity index (χ0) is 10.3. The van der Waals surface area contributed by atoms with Gasteiger partial charge < -0.3 is 9.72 Å². The molecule has 15 heavy (non-hydrogen) atoms. The number of aromatic nitrogens is 2. The zero-order valence-electron chi connectivity index (χ0n) is 8.28. The van der Waals surface area contributed by atoms with Crippen LogP contribution in [-0.4, -0.2) is 22.5 Å². The van der Waals surface area contributed by atoms with Gasteiger partial charge in [0.1, 0.15) is 11.6 Å². The molecule has 0 aliphatic carbocycles. The van der Waals surface area contributed by atoms with E-state index in [-0.39, 0.29) is 5.82 Å². The smallest absolute Gasteiger partial charge is 0.126 e. The van der Waals surface area contributed by atoms with Crippen LogP contribution in [0.1, 0.15) is 18.2 Å². The van der Waals surface area contributed by atoms with Crippen LogP contribution in [0.25, 0.3) is 5.52 Å². The molecule has 1 atom stereocenters. The summed E-state index contributed by atoms with van der Waals surface area (Å²) < 4.78 is 14.9. The molecule has 1 unspecified atom stereocenters. The van der Waals surface area contributed by atoms with E-state index in [1.807, 2.05) is 4.40 Å². The van der Waals surface area contributed by atoms with Gasteiger partial charge >= 0.3 is 0 Å². The van der Waals surface area contributed by atoms with Crippen molar-refractivity contribution in [3.05, 3.63) is 36.2 Å². The van der Waals surface area contributed by atoms with Crippen molar-refractivity contribution in [1.29, 1.82) is 0 Å². The molecule has 2 aromatic heterocycles. The number of rotatable bonds is 1. The molecule has 0 aromatic carbocycles. The molecule has 78 valence electrons. The van der Waals surface area contributed by atoms with E-state index in [0.717, 1.165) is 30.9 Å². The van der Waals surface area contributed by atoms with Crippen molar-refractivity contribution in [2.24, 2.45) is 0 Å². The number of pyridine rings is 1. The number of hydrogen-bond acceptors (Lipinski definition) is 2. The SMILES string of the molecule is Fc1ccn2c(C3CCNC3)ncc2c1. The Bertz CT molecular complexity index is 486. The Morgan fingerprint density at radius 3 is 3.27 bits per heavy atom. The van der Waals surface area contributed by atoms with E-state index in [9.17, 15) is 4.39 Å². The van der Waals surface area contributed by atoms with Crippen LogP contribution < -0.4 is 5.32 Å². The lowest BCUT2D eigenvalue weighted by Gasteiger charge is -2.06. The molecular weight excluding hydrogens is 193 g/mol. The van der Waals surface area contributed by atoms with Gasteiger partial charge in [-0.3, -0.25) is 0 Å². The van der Waals surface area contributed by atoms with Crippen LogP contribution in [0, 0.1) is 5.82 Å². The van der Waals surface area contributed by atoms with Gasteiger partial charge in [0.2, 0.25) is 0 Å². The molecule has 3 rings (SSSR count). The van der Waals surface area contributed by atoms with Crippen LogP contribution in [0.2, 0.25) is 0 Å². The molecule has 2 aromatic rings. The van der Waals surface area contributed by atoms with Crippen molar-refractivity contribution in [2.75, 3.05) is 13.1 Å². The lowest BCUT2D eigenvalue weighted by Crippen LogP contribution is -2.10. The molecule has 0 saturated carbocycles. The summed E-state index contributed by atoms with van der Waals surface area (Å²) >= 11 is 0. The lowest BCUT2D eigenvalue weighted by atomic mass is 10.1. The highest BCUT2D eigenvalue weighted by atomic mass is 19.1. The van der Waals surface area contributed by atoms with Crippen molar-refractivity contribution in [3.63, 3.8) is 0 Å². The number of nitrogens with zero attached hydrogens (tertiary/aromatic N) is 2. The van der Waals surface area contributed by atoms with E-state index in [4.69, 9.17) is 0 Å². The van der Waals surface area contributed by atoms with Crippen LogP contribution >= 0.6 is 0 Å². The average molecular weight is 205 g/mol. The predicted octanol–water partition coefficient (Wildman–Crippen LogP) is 1.55. The minimum atomic E-state index is -0.210. The second kappa shape index (κ2) is 3.31. The van der Waals surface area contributed by atoms with Crippen molar-refractivity contribution >= 4 is 5.52 Å². The minimum absolute atomic E-state index is 0.210. The molecule has 0 bridgehead atoms. The molecule has 3 nitrogen and oxygen atoms in total. The monoisotopic (exact) mass is 205 g/mol. The van der Waals surface area contributed by atoms with E-state index in [0.29, 0.717) is 5.92 Å². The summed E-state index contributed by atoms with van der Waals surface area (Å²) in [6.45, 7) is 2.01. The molecule has 0 radical (unpaired) electrons. The quantitative estimate of drug-likeness (QED) is 0.765. The average Bonchev–Trinajstić information content (AvgIpc) is 2.82. The fourth-order valence-corrected chi connectivity index (χ4v) is 2.17. The van der Waals surface area contributed by atoms with Gasteiger partial charge in [0.05, 0.1) is 11.7 Å². The van der Waals surface area contributed by atoms with Crippen molar-refractivity contribution < 1.29 is 4.39 Å². The van der Waals surface area contributed by atoms with Crippen LogP contribution in [0.5, 0.6) is 0 Å².